The third-order valence-corrected chi connectivity index (χ3v) is 10.8. The van der Waals surface area contributed by atoms with Gasteiger partial charge in [0.05, 0.1) is 16.7 Å². The Morgan fingerprint density at radius 1 is 0.538 bits per heavy atom. The van der Waals surface area contributed by atoms with Gasteiger partial charge in [-0.1, -0.05) is 109 Å². The van der Waals surface area contributed by atoms with Crippen LogP contribution in [0.15, 0.2) is 168 Å². The van der Waals surface area contributed by atoms with E-state index in [4.69, 9.17) is 9.40 Å². The highest BCUT2D eigenvalue weighted by Gasteiger charge is 2.21. The molecule has 52 heavy (non-hydrogen) atoms. The van der Waals surface area contributed by atoms with Gasteiger partial charge >= 0.3 is 0 Å². The van der Waals surface area contributed by atoms with Crippen molar-refractivity contribution in [1.82, 2.24) is 9.55 Å². The fourth-order valence-corrected chi connectivity index (χ4v) is 8.42. The Labute approximate surface area is 300 Å². The van der Waals surface area contributed by atoms with Gasteiger partial charge in [0.2, 0.25) is 0 Å². The molecule has 0 bridgehead atoms. The molecule has 7 aromatic carbocycles. The van der Waals surface area contributed by atoms with E-state index >= 15 is 0 Å². The molecular weight excluding hydrogens is 633 g/mol. The monoisotopic (exact) mass is 664 g/mol. The molecule has 3 nitrogen and oxygen atoms in total. The zero-order valence-electron chi connectivity index (χ0n) is 28.4. The molecule has 10 aromatic rings. The van der Waals surface area contributed by atoms with Crippen molar-refractivity contribution in [2.45, 2.75) is 12.8 Å². The van der Waals surface area contributed by atoms with E-state index in [0.717, 1.165) is 79.3 Å². The van der Waals surface area contributed by atoms with E-state index in [1.165, 1.54) is 38.5 Å². The van der Waals surface area contributed by atoms with Crippen molar-refractivity contribution < 1.29 is 4.42 Å². The lowest BCUT2D eigenvalue weighted by molar-refractivity contribution is 0.669. The molecule has 3 aromatic heterocycles. The standard InChI is InChI=1S/C49H32N2O/c1-2-13-32(14-3-1)44-30-41(49-37-15-5-4-12-31(37)22-24-43(49)50-44)35-26-34(33-23-25-48-42(29-33)40-18-8-11-21-47(40)52-48)27-36(28-35)51-45-19-9-6-16-38(45)39-17-7-10-20-46(39)51/h1-6,8-16,18-30H,7,17H2. The lowest BCUT2D eigenvalue weighted by Gasteiger charge is -2.18. The zero-order chi connectivity index (χ0) is 34.2. The number of hydrogen-bond acceptors (Lipinski definition) is 2. The third-order valence-electron chi connectivity index (χ3n) is 10.8. The number of rotatable bonds is 4. The summed E-state index contributed by atoms with van der Waals surface area (Å²) in [6.07, 6.45) is 6.73. The maximum absolute atomic E-state index is 6.26. The van der Waals surface area contributed by atoms with Crippen molar-refractivity contribution in [1.29, 1.82) is 0 Å². The average Bonchev–Trinajstić information content (AvgIpc) is 3.76. The molecule has 0 amide bonds. The molecule has 3 heteroatoms. The first-order chi connectivity index (χ1) is 25.8. The van der Waals surface area contributed by atoms with Gasteiger partial charge < -0.3 is 8.98 Å². The van der Waals surface area contributed by atoms with Crippen LogP contribution in [0.3, 0.4) is 0 Å². The molecule has 244 valence electrons. The molecule has 0 saturated carbocycles. The van der Waals surface area contributed by atoms with Gasteiger partial charge in [0.15, 0.2) is 0 Å². The average molecular weight is 665 g/mol. The number of hydrogen-bond donors (Lipinski definition) is 0. The van der Waals surface area contributed by atoms with Crippen LogP contribution in [0, 0.1) is 0 Å². The highest BCUT2D eigenvalue weighted by molar-refractivity contribution is 6.14. The van der Waals surface area contributed by atoms with Crippen molar-refractivity contribution in [2.24, 2.45) is 0 Å². The second kappa shape index (κ2) is 11.4. The van der Waals surface area contributed by atoms with Crippen LogP contribution >= 0.6 is 0 Å². The number of aryl methyl sites for hydroxylation is 1. The largest absolute Gasteiger partial charge is 0.456 e. The molecule has 0 saturated heterocycles. The van der Waals surface area contributed by atoms with Crippen molar-refractivity contribution in [3.63, 3.8) is 0 Å². The molecule has 3 heterocycles. The van der Waals surface area contributed by atoms with Crippen molar-refractivity contribution >= 4 is 60.6 Å². The summed E-state index contributed by atoms with van der Waals surface area (Å²) in [7, 11) is 0. The molecule has 1 aliphatic carbocycles. The van der Waals surface area contributed by atoms with Gasteiger partial charge in [0.1, 0.15) is 11.2 Å². The fourth-order valence-electron chi connectivity index (χ4n) is 8.42. The Morgan fingerprint density at radius 2 is 1.31 bits per heavy atom. The number of nitrogens with zero attached hydrogens (tertiary/aromatic N) is 2. The Hall–Kier alpha value is -6.71. The molecular formula is C49H32N2O. The summed E-state index contributed by atoms with van der Waals surface area (Å²) >= 11 is 0. The number of pyridine rings is 1. The Morgan fingerprint density at radius 3 is 2.23 bits per heavy atom. The predicted molar refractivity (Wildman–Crippen MR) is 217 cm³/mol. The third kappa shape index (κ3) is 4.49. The summed E-state index contributed by atoms with van der Waals surface area (Å²) < 4.78 is 8.73. The highest BCUT2D eigenvalue weighted by Crippen LogP contribution is 2.42. The summed E-state index contributed by atoms with van der Waals surface area (Å²) in [6.45, 7) is 0. The SMILES string of the molecule is C1=Cc2c(c3ccccc3n2-c2cc(-c3ccc4oc5ccccc5c4c3)cc(-c3cc(-c4ccccc4)nc4ccc5ccccc5c34)c2)CC1. The minimum Gasteiger partial charge on any atom is -0.456 e. The number of para-hydroxylation sites is 2. The van der Waals surface area contributed by atoms with Crippen molar-refractivity contribution in [3.8, 4) is 39.2 Å². The smallest absolute Gasteiger partial charge is 0.135 e. The molecule has 0 N–H and O–H groups in total. The second-order valence-corrected chi connectivity index (χ2v) is 13.8. The van der Waals surface area contributed by atoms with Crippen molar-refractivity contribution in [2.75, 3.05) is 0 Å². The van der Waals surface area contributed by atoms with Crippen LogP contribution in [0.2, 0.25) is 0 Å². The highest BCUT2D eigenvalue weighted by atomic mass is 16.3. The normalized spacial score (nSPS) is 12.8. The Kier molecular flexibility index (Phi) is 6.38. The first kappa shape index (κ1) is 29.1. The number of allylic oxidation sites excluding steroid dienone is 1. The second-order valence-electron chi connectivity index (χ2n) is 13.8. The van der Waals surface area contributed by atoms with Crippen LogP contribution in [-0.4, -0.2) is 9.55 Å². The number of fused-ring (bicyclic) bond motifs is 9. The maximum Gasteiger partial charge on any atom is 0.135 e. The van der Waals surface area contributed by atoms with Crippen LogP contribution < -0.4 is 0 Å². The molecule has 0 aliphatic heterocycles. The molecule has 1 aliphatic rings. The Bertz CT molecular complexity index is 3070. The first-order valence-electron chi connectivity index (χ1n) is 18.0. The maximum atomic E-state index is 6.26. The summed E-state index contributed by atoms with van der Waals surface area (Å²) in [4.78, 5) is 5.27. The van der Waals surface area contributed by atoms with Crippen LogP contribution in [-0.2, 0) is 6.42 Å². The van der Waals surface area contributed by atoms with Crippen LogP contribution in [0.4, 0.5) is 0 Å². The van der Waals surface area contributed by atoms with E-state index in [2.05, 4.69) is 162 Å². The number of furan rings is 1. The van der Waals surface area contributed by atoms with Gasteiger partial charge in [-0.15, -0.1) is 0 Å². The summed E-state index contributed by atoms with van der Waals surface area (Å²) in [5.74, 6) is 0. The fraction of sp³-hybridized carbons (Fsp3) is 0.0408. The lowest BCUT2D eigenvalue weighted by atomic mass is 9.92. The molecule has 0 atom stereocenters. The van der Waals surface area contributed by atoms with E-state index < -0.39 is 0 Å². The summed E-state index contributed by atoms with van der Waals surface area (Å²) in [6, 6.07) is 56.8. The molecule has 0 spiro atoms. The molecule has 11 rings (SSSR count). The van der Waals surface area contributed by atoms with Crippen LogP contribution in [0.1, 0.15) is 17.7 Å². The van der Waals surface area contributed by atoms with E-state index in [1.807, 2.05) is 12.1 Å². The van der Waals surface area contributed by atoms with Gasteiger partial charge in [-0.3, -0.25) is 0 Å². The van der Waals surface area contributed by atoms with Gasteiger partial charge in [0.25, 0.3) is 0 Å². The zero-order valence-corrected chi connectivity index (χ0v) is 28.4. The molecule has 0 fully saturated rings. The lowest BCUT2D eigenvalue weighted by Crippen LogP contribution is -2.01. The van der Waals surface area contributed by atoms with E-state index in [-0.39, 0.29) is 0 Å². The van der Waals surface area contributed by atoms with Gasteiger partial charge in [-0.05, 0) is 112 Å². The van der Waals surface area contributed by atoms with Crippen LogP contribution in [0.5, 0.6) is 0 Å². The van der Waals surface area contributed by atoms with E-state index in [0.29, 0.717) is 0 Å². The summed E-state index contributed by atoms with van der Waals surface area (Å²) in [5, 5.41) is 7.15. The van der Waals surface area contributed by atoms with Gasteiger partial charge in [-0.2, -0.15) is 0 Å². The first-order valence-corrected chi connectivity index (χ1v) is 18.0. The minimum atomic E-state index is 0.899. The number of benzene rings is 7. The predicted octanol–water partition coefficient (Wildman–Crippen LogP) is 13.2. The molecule has 0 unspecified atom stereocenters. The summed E-state index contributed by atoms with van der Waals surface area (Å²) in [5.41, 5.74) is 14.5. The minimum absolute atomic E-state index is 0.899. The van der Waals surface area contributed by atoms with Gasteiger partial charge in [0, 0.05) is 38.5 Å². The van der Waals surface area contributed by atoms with E-state index in [1.54, 1.807) is 0 Å². The van der Waals surface area contributed by atoms with E-state index in [9.17, 15) is 0 Å². The van der Waals surface area contributed by atoms with Crippen LogP contribution in [0.25, 0.3) is 99.8 Å². The number of aromatic nitrogens is 2. The molecule has 0 radical (unpaired) electrons. The van der Waals surface area contributed by atoms with Crippen molar-refractivity contribution in [3.05, 3.63) is 175 Å². The van der Waals surface area contributed by atoms with Gasteiger partial charge in [-0.25, -0.2) is 4.98 Å². The Balaban J connectivity index is 1.25. The quantitative estimate of drug-likeness (QED) is 0.175. The topological polar surface area (TPSA) is 31.0 Å².